The van der Waals surface area contributed by atoms with Gasteiger partial charge in [0, 0.05) is 22.7 Å². The highest BCUT2D eigenvalue weighted by molar-refractivity contribution is 7.13. The van der Waals surface area contributed by atoms with Gasteiger partial charge >= 0.3 is 0 Å². The van der Waals surface area contributed by atoms with Gasteiger partial charge < -0.3 is 9.52 Å². The molecule has 4 rings (SSSR count). The lowest BCUT2D eigenvalue weighted by atomic mass is 10.1. The molecule has 2 aromatic heterocycles. The fourth-order valence-corrected chi connectivity index (χ4v) is 3.09. The first-order valence-electron chi connectivity index (χ1n) is 7.73. The Balaban J connectivity index is 1.57. The highest BCUT2D eigenvalue weighted by atomic mass is 32.1. The van der Waals surface area contributed by atoms with Crippen molar-refractivity contribution in [2.45, 2.75) is 0 Å². The number of nitrogens with zero attached hydrogens (tertiary/aromatic N) is 2. The molecule has 4 aromatic rings. The Morgan fingerprint density at radius 1 is 0.960 bits per heavy atom. The molecule has 0 unspecified atom stereocenters. The SMILES string of the molecule is Oc1oc(-c2ccccc2)cc1/C=N/c1nc(-c2ccccc2)cs1. The smallest absolute Gasteiger partial charge is 0.291 e. The fraction of sp³-hybridized carbons (Fsp3) is 0. The number of furan rings is 1. The van der Waals surface area contributed by atoms with Crippen molar-refractivity contribution in [1.82, 2.24) is 4.98 Å². The fourth-order valence-electron chi connectivity index (χ4n) is 2.42. The summed E-state index contributed by atoms with van der Waals surface area (Å²) in [7, 11) is 0. The Morgan fingerprint density at radius 2 is 1.64 bits per heavy atom. The largest absolute Gasteiger partial charge is 0.480 e. The minimum absolute atomic E-state index is 0.151. The van der Waals surface area contributed by atoms with Gasteiger partial charge in [0.05, 0.1) is 11.3 Å². The van der Waals surface area contributed by atoms with Gasteiger partial charge in [-0.3, -0.25) is 0 Å². The van der Waals surface area contributed by atoms with Crippen LogP contribution < -0.4 is 0 Å². The van der Waals surface area contributed by atoms with E-state index in [-0.39, 0.29) is 5.95 Å². The zero-order chi connectivity index (χ0) is 17.1. The van der Waals surface area contributed by atoms with Crippen molar-refractivity contribution < 1.29 is 9.52 Å². The predicted octanol–water partition coefficient (Wildman–Crippen LogP) is 5.53. The number of hydrogen-bond acceptors (Lipinski definition) is 5. The lowest BCUT2D eigenvalue weighted by molar-refractivity contribution is 0.337. The normalized spacial score (nSPS) is 11.2. The van der Waals surface area contributed by atoms with E-state index in [0.29, 0.717) is 16.5 Å². The van der Waals surface area contributed by atoms with E-state index < -0.39 is 0 Å². The van der Waals surface area contributed by atoms with Crippen LogP contribution in [-0.4, -0.2) is 16.3 Å². The molecular weight excluding hydrogens is 332 g/mol. The summed E-state index contributed by atoms with van der Waals surface area (Å²) in [4.78, 5) is 8.85. The molecule has 2 heterocycles. The van der Waals surface area contributed by atoms with E-state index in [1.165, 1.54) is 11.3 Å². The Kier molecular flexibility index (Phi) is 4.14. The van der Waals surface area contributed by atoms with Crippen molar-refractivity contribution >= 4 is 22.7 Å². The van der Waals surface area contributed by atoms with E-state index in [4.69, 9.17) is 4.42 Å². The maximum atomic E-state index is 9.98. The van der Waals surface area contributed by atoms with Crippen LogP contribution >= 0.6 is 11.3 Å². The molecule has 1 N–H and O–H groups in total. The van der Waals surface area contributed by atoms with E-state index in [9.17, 15) is 5.11 Å². The van der Waals surface area contributed by atoms with Crippen molar-refractivity contribution in [2.24, 2.45) is 4.99 Å². The average Bonchev–Trinajstić information content (AvgIpc) is 3.28. The van der Waals surface area contributed by atoms with Gasteiger partial charge in [0.2, 0.25) is 5.13 Å². The second-order valence-electron chi connectivity index (χ2n) is 5.38. The van der Waals surface area contributed by atoms with Crippen LogP contribution in [0, 0.1) is 0 Å². The minimum Gasteiger partial charge on any atom is -0.480 e. The summed E-state index contributed by atoms with van der Waals surface area (Å²) in [6.07, 6.45) is 1.57. The van der Waals surface area contributed by atoms with E-state index in [0.717, 1.165) is 16.8 Å². The topological polar surface area (TPSA) is 58.6 Å². The number of aliphatic imine (C=N–C) groups is 1. The molecule has 0 aliphatic carbocycles. The van der Waals surface area contributed by atoms with Crippen molar-refractivity contribution in [3.63, 3.8) is 0 Å². The lowest BCUT2D eigenvalue weighted by Crippen LogP contribution is -1.77. The van der Waals surface area contributed by atoms with Crippen LogP contribution in [0.5, 0.6) is 5.95 Å². The molecule has 0 atom stereocenters. The number of aromatic nitrogens is 1. The summed E-state index contributed by atoms with van der Waals surface area (Å²) in [6.45, 7) is 0. The zero-order valence-corrected chi connectivity index (χ0v) is 14.0. The standard InChI is InChI=1S/C20H14N2O2S/c23-19-16(11-18(24-19)15-9-5-2-6-10-15)12-21-20-22-17(13-25-20)14-7-3-1-4-8-14/h1-13,23H/b21-12+. The number of thiazole rings is 1. The van der Waals surface area contributed by atoms with Gasteiger partial charge in [-0.25, -0.2) is 9.98 Å². The molecule has 0 amide bonds. The van der Waals surface area contributed by atoms with Gasteiger partial charge in [-0.15, -0.1) is 11.3 Å². The predicted molar refractivity (Wildman–Crippen MR) is 101 cm³/mol. The van der Waals surface area contributed by atoms with Crippen LogP contribution in [0.2, 0.25) is 0 Å². The van der Waals surface area contributed by atoms with Gasteiger partial charge in [0.15, 0.2) is 0 Å². The van der Waals surface area contributed by atoms with Crippen molar-refractivity contribution in [3.05, 3.63) is 77.7 Å². The van der Waals surface area contributed by atoms with E-state index >= 15 is 0 Å². The molecule has 0 radical (unpaired) electrons. The summed E-state index contributed by atoms with van der Waals surface area (Å²) in [5.41, 5.74) is 3.37. The molecule has 0 saturated carbocycles. The maximum Gasteiger partial charge on any atom is 0.291 e. The monoisotopic (exact) mass is 346 g/mol. The highest BCUT2D eigenvalue weighted by Gasteiger charge is 2.10. The molecule has 0 saturated heterocycles. The van der Waals surface area contributed by atoms with Gasteiger partial charge in [0.25, 0.3) is 5.95 Å². The van der Waals surface area contributed by atoms with Gasteiger partial charge in [-0.1, -0.05) is 60.7 Å². The van der Waals surface area contributed by atoms with Gasteiger partial charge in [-0.05, 0) is 6.07 Å². The van der Waals surface area contributed by atoms with Crippen molar-refractivity contribution in [3.8, 4) is 28.5 Å². The third-order valence-corrected chi connectivity index (χ3v) is 4.42. The van der Waals surface area contributed by atoms with Gasteiger partial charge in [0.1, 0.15) is 5.76 Å². The summed E-state index contributed by atoms with van der Waals surface area (Å²) >= 11 is 1.45. The molecule has 0 bridgehead atoms. The Hall–Kier alpha value is -3.18. The summed E-state index contributed by atoms with van der Waals surface area (Å²) in [5.74, 6) is 0.450. The molecule has 2 aromatic carbocycles. The average molecular weight is 346 g/mol. The molecule has 0 fully saturated rings. The molecule has 5 heteroatoms. The first-order valence-corrected chi connectivity index (χ1v) is 8.61. The zero-order valence-electron chi connectivity index (χ0n) is 13.2. The van der Waals surface area contributed by atoms with Crippen molar-refractivity contribution in [2.75, 3.05) is 0 Å². The second-order valence-corrected chi connectivity index (χ2v) is 6.21. The Bertz CT molecular complexity index is 1000. The molecule has 0 aliphatic heterocycles. The number of aromatic hydroxyl groups is 1. The van der Waals surface area contributed by atoms with Crippen LogP contribution in [0.15, 0.2) is 81.5 Å². The molecule has 0 aliphatic rings. The number of rotatable bonds is 4. The van der Waals surface area contributed by atoms with Crippen LogP contribution in [0.1, 0.15) is 5.56 Å². The van der Waals surface area contributed by atoms with Crippen LogP contribution in [0.25, 0.3) is 22.6 Å². The van der Waals surface area contributed by atoms with E-state index in [1.54, 1.807) is 12.3 Å². The Morgan fingerprint density at radius 3 is 2.36 bits per heavy atom. The third-order valence-electron chi connectivity index (χ3n) is 3.67. The minimum atomic E-state index is -0.151. The van der Waals surface area contributed by atoms with Gasteiger partial charge in [-0.2, -0.15) is 0 Å². The Labute approximate surface area is 148 Å². The number of benzene rings is 2. The summed E-state index contributed by atoms with van der Waals surface area (Å²) in [5, 5.41) is 12.6. The first kappa shape index (κ1) is 15.4. The molecule has 0 spiro atoms. The third kappa shape index (κ3) is 3.36. The first-order chi connectivity index (χ1) is 12.3. The second kappa shape index (κ2) is 6.75. The van der Waals surface area contributed by atoms with E-state index in [2.05, 4.69) is 9.98 Å². The lowest BCUT2D eigenvalue weighted by Gasteiger charge is -1.93. The van der Waals surface area contributed by atoms with Crippen molar-refractivity contribution in [1.29, 1.82) is 0 Å². The van der Waals surface area contributed by atoms with Crippen LogP contribution in [0.3, 0.4) is 0 Å². The highest BCUT2D eigenvalue weighted by Crippen LogP contribution is 2.30. The quantitative estimate of drug-likeness (QED) is 0.495. The van der Waals surface area contributed by atoms with Crippen LogP contribution in [0.4, 0.5) is 5.13 Å². The summed E-state index contributed by atoms with van der Waals surface area (Å²) in [6, 6.07) is 21.3. The maximum absolute atomic E-state index is 9.98. The number of hydrogen-bond donors (Lipinski definition) is 1. The molecule has 122 valence electrons. The van der Waals surface area contributed by atoms with Crippen LogP contribution in [-0.2, 0) is 0 Å². The van der Waals surface area contributed by atoms with E-state index in [1.807, 2.05) is 66.0 Å². The molecular formula is C20H14N2O2S. The summed E-state index contributed by atoms with van der Waals surface area (Å²) < 4.78 is 5.41. The molecule has 25 heavy (non-hydrogen) atoms. The molecule has 4 nitrogen and oxygen atoms in total.